The zero-order chi connectivity index (χ0) is 19.5. The van der Waals surface area contributed by atoms with E-state index < -0.39 is 0 Å². The van der Waals surface area contributed by atoms with Gasteiger partial charge in [-0.05, 0) is 29.3 Å². The number of nitrogens with two attached hydrogens (primary N) is 2. The summed E-state index contributed by atoms with van der Waals surface area (Å²) in [4.78, 5) is 13.3. The molecular formula is C25H20N2O. The lowest BCUT2D eigenvalue weighted by Gasteiger charge is -2.16. The summed E-state index contributed by atoms with van der Waals surface area (Å²) in [6, 6.07) is 30.5. The van der Waals surface area contributed by atoms with E-state index in [2.05, 4.69) is 0 Å². The van der Waals surface area contributed by atoms with Gasteiger partial charge >= 0.3 is 0 Å². The molecule has 4 N–H and O–H groups in total. The maximum atomic E-state index is 13.3. The maximum Gasteiger partial charge on any atom is 0.193 e. The average molecular weight is 364 g/mol. The predicted octanol–water partition coefficient (Wildman–Crippen LogP) is 5.42. The molecule has 4 aromatic carbocycles. The van der Waals surface area contributed by atoms with Crippen molar-refractivity contribution in [2.45, 2.75) is 0 Å². The van der Waals surface area contributed by atoms with E-state index in [1.165, 1.54) is 0 Å². The third-order valence-corrected chi connectivity index (χ3v) is 4.79. The van der Waals surface area contributed by atoms with Crippen LogP contribution in [0.15, 0.2) is 97.1 Å². The van der Waals surface area contributed by atoms with Crippen molar-refractivity contribution in [1.29, 1.82) is 0 Å². The molecule has 0 aromatic heterocycles. The van der Waals surface area contributed by atoms with E-state index in [4.69, 9.17) is 11.5 Å². The fraction of sp³-hybridized carbons (Fsp3) is 0. The molecule has 0 saturated heterocycles. The smallest absolute Gasteiger partial charge is 0.193 e. The van der Waals surface area contributed by atoms with E-state index in [0.29, 0.717) is 22.5 Å². The number of hydrogen-bond donors (Lipinski definition) is 2. The molecule has 0 fully saturated rings. The molecular weight excluding hydrogens is 344 g/mol. The lowest BCUT2D eigenvalue weighted by atomic mass is 9.88. The number of benzene rings is 4. The SMILES string of the molecule is Nc1cccc(C(=O)c2ccc(-c3ccccc3)c(N)c2-c2ccccc2)c1. The van der Waals surface area contributed by atoms with Crippen LogP contribution in [0.2, 0.25) is 0 Å². The highest BCUT2D eigenvalue weighted by molar-refractivity contribution is 6.15. The summed E-state index contributed by atoms with van der Waals surface area (Å²) in [7, 11) is 0. The summed E-state index contributed by atoms with van der Waals surface area (Å²) in [5.41, 5.74) is 18.3. The summed E-state index contributed by atoms with van der Waals surface area (Å²) in [6.07, 6.45) is 0. The largest absolute Gasteiger partial charge is 0.399 e. The fourth-order valence-electron chi connectivity index (χ4n) is 3.43. The Hall–Kier alpha value is -3.85. The first-order chi connectivity index (χ1) is 13.6. The van der Waals surface area contributed by atoms with Crippen LogP contribution >= 0.6 is 0 Å². The highest BCUT2D eigenvalue weighted by atomic mass is 16.1. The molecule has 0 radical (unpaired) electrons. The predicted molar refractivity (Wildman–Crippen MR) is 116 cm³/mol. The van der Waals surface area contributed by atoms with E-state index in [1.807, 2.05) is 72.8 Å². The van der Waals surface area contributed by atoms with Crippen molar-refractivity contribution < 1.29 is 4.79 Å². The minimum Gasteiger partial charge on any atom is -0.399 e. The first-order valence-electron chi connectivity index (χ1n) is 9.08. The van der Waals surface area contributed by atoms with Crippen molar-refractivity contribution in [3.8, 4) is 22.3 Å². The Balaban J connectivity index is 1.94. The second kappa shape index (κ2) is 7.41. The monoisotopic (exact) mass is 364 g/mol. The molecule has 4 aromatic rings. The van der Waals surface area contributed by atoms with Gasteiger partial charge in [-0.15, -0.1) is 0 Å². The first kappa shape index (κ1) is 17.6. The van der Waals surface area contributed by atoms with Crippen LogP contribution in [0, 0.1) is 0 Å². The van der Waals surface area contributed by atoms with E-state index in [0.717, 1.165) is 22.3 Å². The third kappa shape index (κ3) is 3.26. The maximum absolute atomic E-state index is 13.3. The number of anilines is 2. The molecule has 3 heteroatoms. The molecule has 28 heavy (non-hydrogen) atoms. The standard InChI is InChI=1S/C25H20N2O/c26-20-13-7-12-19(16-20)25(28)22-15-14-21(17-8-3-1-4-9-17)24(27)23(22)18-10-5-2-6-11-18/h1-16H,26-27H2. The molecule has 0 atom stereocenters. The molecule has 0 aliphatic rings. The first-order valence-corrected chi connectivity index (χ1v) is 9.08. The number of ketones is 1. The second-order valence-corrected chi connectivity index (χ2v) is 6.64. The van der Waals surface area contributed by atoms with Crippen molar-refractivity contribution in [2.24, 2.45) is 0 Å². The van der Waals surface area contributed by atoms with Crippen molar-refractivity contribution in [3.05, 3.63) is 108 Å². The van der Waals surface area contributed by atoms with Crippen LogP contribution in [-0.2, 0) is 0 Å². The van der Waals surface area contributed by atoms with Crippen LogP contribution in [0.4, 0.5) is 11.4 Å². The van der Waals surface area contributed by atoms with Gasteiger partial charge in [0.15, 0.2) is 5.78 Å². The van der Waals surface area contributed by atoms with Crippen LogP contribution < -0.4 is 11.5 Å². The zero-order valence-corrected chi connectivity index (χ0v) is 15.3. The van der Waals surface area contributed by atoms with Gasteiger partial charge in [-0.2, -0.15) is 0 Å². The van der Waals surface area contributed by atoms with Crippen LogP contribution in [0.5, 0.6) is 0 Å². The van der Waals surface area contributed by atoms with Crippen LogP contribution in [0.1, 0.15) is 15.9 Å². The summed E-state index contributed by atoms with van der Waals surface area (Å²) < 4.78 is 0. The Labute approximate surface area is 164 Å². The highest BCUT2D eigenvalue weighted by Crippen LogP contribution is 2.38. The van der Waals surface area contributed by atoms with Gasteiger partial charge in [0.05, 0.1) is 0 Å². The van der Waals surface area contributed by atoms with Gasteiger partial charge in [0.1, 0.15) is 0 Å². The Morgan fingerprint density at radius 2 is 1.29 bits per heavy atom. The molecule has 0 heterocycles. The fourth-order valence-corrected chi connectivity index (χ4v) is 3.43. The summed E-state index contributed by atoms with van der Waals surface area (Å²) in [5.74, 6) is -0.0996. The summed E-state index contributed by atoms with van der Waals surface area (Å²) >= 11 is 0. The van der Waals surface area contributed by atoms with Gasteiger partial charge in [0.25, 0.3) is 0 Å². The molecule has 136 valence electrons. The number of hydrogen-bond acceptors (Lipinski definition) is 3. The zero-order valence-electron chi connectivity index (χ0n) is 15.3. The summed E-state index contributed by atoms with van der Waals surface area (Å²) in [5, 5.41) is 0. The lowest BCUT2D eigenvalue weighted by molar-refractivity contribution is 0.103. The second-order valence-electron chi connectivity index (χ2n) is 6.64. The minimum atomic E-state index is -0.0996. The van der Waals surface area contributed by atoms with Gasteiger partial charge in [0, 0.05) is 33.6 Å². The third-order valence-electron chi connectivity index (χ3n) is 4.79. The van der Waals surface area contributed by atoms with E-state index in [1.54, 1.807) is 24.3 Å². The lowest BCUT2D eigenvalue weighted by Crippen LogP contribution is -2.07. The number of rotatable bonds is 4. The molecule has 4 rings (SSSR count). The van der Waals surface area contributed by atoms with Crippen molar-refractivity contribution in [1.82, 2.24) is 0 Å². The normalized spacial score (nSPS) is 10.6. The Kier molecular flexibility index (Phi) is 4.65. The van der Waals surface area contributed by atoms with Crippen molar-refractivity contribution in [3.63, 3.8) is 0 Å². The topological polar surface area (TPSA) is 69.1 Å². The van der Waals surface area contributed by atoms with Crippen LogP contribution in [-0.4, -0.2) is 5.78 Å². The average Bonchev–Trinajstić information content (AvgIpc) is 2.74. The molecule has 0 aliphatic heterocycles. The number of nitrogen functional groups attached to an aromatic ring is 2. The van der Waals surface area contributed by atoms with Gasteiger partial charge < -0.3 is 11.5 Å². The summed E-state index contributed by atoms with van der Waals surface area (Å²) in [6.45, 7) is 0. The van der Waals surface area contributed by atoms with Gasteiger partial charge in [-0.1, -0.05) is 78.9 Å². The van der Waals surface area contributed by atoms with Gasteiger partial charge in [-0.25, -0.2) is 0 Å². The molecule has 0 unspecified atom stereocenters. The Morgan fingerprint density at radius 3 is 1.93 bits per heavy atom. The minimum absolute atomic E-state index is 0.0996. The van der Waals surface area contributed by atoms with Crippen molar-refractivity contribution >= 4 is 17.2 Å². The van der Waals surface area contributed by atoms with Gasteiger partial charge in [0.2, 0.25) is 0 Å². The Bertz CT molecular complexity index is 1140. The highest BCUT2D eigenvalue weighted by Gasteiger charge is 2.20. The number of carbonyl (C=O) groups excluding carboxylic acids is 1. The van der Waals surface area contributed by atoms with E-state index in [-0.39, 0.29) is 5.78 Å². The molecule has 0 bridgehead atoms. The molecule has 3 nitrogen and oxygen atoms in total. The molecule has 0 aliphatic carbocycles. The van der Waals surface area contributed by atoms with Gasteiger partial charge in [-0.3, -0.25) is 4.79 Å². The number of carbonyl (C=O) groups is 1. The van der Waals surface area contributed by atoms with Crippen LogP contribution in [0.3, 0.4) is 0 Å². The van der Waals surface area contributed by atoms with Crippen LogP contribution in [0.25, 0.3) is 22.3 Å². The Morgan fingerprint density at radius 1 is 0.643 bits per heavy atom. The van der Waals surface area contributed by atoms with E-state index >= 15 is 0 Å². The molecule has 0 amide bonds. The van der Waals surface area contributed by atoms with Crippen molar-refractivity contribution in [2.75, 3.05) is 11.5 Å². The van der Waals surface area contributed by atoms with E-state index in [9.17, 15) is 4.79 Å². The quantitative estimate of drug-likeness (QED) is 0.375. The molecule has 0 spiro atoms. The molecule has 0 saturated carbocycles.